The van der Waals surface area contributed by atoms with Crippen LogP contribution in [0.2, 0.25) is 0 Å². The minimum Gasteiger partial charge on any atom is -0.393 e. The lowest BCUT2D eigenvalue weighted by Crippen LogP contribution is -2.26. The van der Waals surface area contributed by atoms with Crippen LogP contribution in [-0.4, -0.2) is 15.4 Å². The summed E-state index contributed by atoms with van der Waals surface area (Å²) in [6.07, 6.45) is 0.0550. The quantitative estimate of drug-likeness (QED) is 0.861. The van der Waals surface area contributed by atoms with E-state index in [1.54, 1.807) is 6.92 Å². The van der Waals surface area contributed by atoms with E-state index in [-0.39, 0.29) is 6.04 Å². The highest BCUT2D eigenvalue weighted by Crippen LogP contribution is 2.20. The van der Waals surface area contributed by atoms with E-state index in [4.69, 9.17) is 0 Å². The molecule has 0 fully saturated rings. The minimum absolute atomic E-state index is 0.145. The molecule has 0 aliphatic rings. The molecule has 112 valence electrons. The number of rotatable bonds is 6. The Balaban J connectivity index is 2.15. The summed E-state index contributed by atoms with van der Waals surface area (Å²) < 4.78 is 15.6. The second kappa shape index (κ2) is 7.50. The molecule has 2 aromatic carbocycles. The number of aryl methyl sites for hydroxylation is 1. The van der Waals surface area contributed by atoms with Crippen molar-refractivity contribution in [3.05, 3.63) is 65.7 Å². The normalized spacial score (nSPS) is 15.4. The summed E-state index contributed by atoms with van der Waals surface area (Å²) in [5.41, 5.74) is 2.17. The summed E-state index contributed by atoms with van der Waals surface area (Å²) in [7, 11) is -1.30. The van der Waals surface area contributed by atoms with E-state index in [9.17, 15) is 9.32 Å². The Kier molecular flexibility index (Phi) is 5.67. The van der Waals surface area contributed by atoms with Crippen LogP contribution in [0.4, 0.5) is 0 Å². The molecule has 0 unspecified atom stereocenters. The molecule has 0 saturated carbocycles. The molecule has 3 nitrogen and oxygen atoms in total. The van der Waals surface area contributed by atoms with Gasteiger partial charge in [-0.05, 0) is 38.0 Å². The Morgan fingerprint density at radius 1 is 1.10 bits per heavy atom. The SMILES string of the molecule is Cc1ccc([S@](=O)N[C@H](C[C@@H](C)O)c2ccccc2)cc1. The Morgan fingerprint density at radius 3 is 2.29 bits per heavy atom. The average Bonchev–Trinajstić information content (AvgIpc) is 2.47. The second-order valence-electron chi connectivity index (χ2n) is 5.25. The van der Waals surface area contributed by atoms with Crippen LogP contribution in [0.15, 0.2) is 59.5 Å². The predicted octanol–water partition coefficient (Wildman–Crippen LogP) is 3.12. The Bertz CT molecular complexity index is 581. The fraction of sp³-hybridized carbons (Fsp3) is 0.294. The summed E-state index contributed by atoms with van der Waals surface area (Å²) in [5.74, 6) is 0. The van der Waals surface area contributed by atoms with Crippen molar-refractivity contribution in [1.29, 1.82) is 0 Å². The van der Waals surface area contributed by atoms with Crippen LogP contribution >= 0.6 is 0 Å². The van der Waals surface area contributed by atoms with Crippen LogP contribution in [0.1, 0.15) is 30.5 Å². The zero-order valence-corrected chi connectivity index (χ0v) is 13.1. The van der Waals surface area contributed by atoms with Crippen molar-refractivity contribution in [1.82, 2.24) is 4.72 Å². The van der Waals surface area contributed by atoms with Gasteiger partial charge in [-0.25, -0.2) is 8.93 Å². The van der Waals surface area contributed by atoms with Gasteiger partial charge in [0.05, 0.1) is 11.0 Å². The van der Waals surface area contributed by atoms with Crippen LogP contribution in [0, 0.1) is 6.92 Å². The summed E-state index contributed by atoms with van der Waals surface area (Å²) in [4.78, 5) is 0.743. The van der Waals surface area contributed by atoms with Gasteiger partial charge in [0.15, 0.2) is 0 Å². The molecule has 0 aliphatic carbocycles. The van der Waals surface area contributed by atoms with Gasteiger partial charge >= 0.3 is 0 Å². The molecule has 0 spiro atoms. The van der Waals surface area contributed by atoms with Gasteiger partial charge in [0.1, 0.15) is 11.0 Å². The Morgan fingerprint density at radius 2 is 1.71 bits per heavy atom. The molecule has 0 aliphatic heterocycles. The maximum atomic E-state index is 12.4. The Labute approximate surface area is 128 Å². The molecule has 0 aromatic heterocycles. The van der Waals surface area contributed by atoms with E-state index in [1.165, 1.54) is 0 Å². The minimum atomic E-state index is -1.30. The van der Waals surface area contributed by atoms with Crippen LogP contribution < -0.4 is 4.72 Å². The first-order valence-electron chi connectivity index (χ1n) is 7.04. The van der Waals surface area contributed by atoms with Crippen LogP contribution in [0.3, 0.4) is 0 Å². The van der Waals surface area contributed by atoms with Crippen LogP contribution in [-0.2, 0) is 11.0 Å². The van der Waals surface area contributed by atoms with Crippen molar-refractivity contribution in [2.45, 2.75) is 37.3 Å². The smallest absolute Gasteiger partial charge is 0.125 e. The third-order valence-corrected chi connectivity index (χ3v) is 4.46. The highest BCUT2D eigenvalue weighted by molar-refractivity contribution is 7.83. The monoisotopic (exact) mass is 303 g/mol. The summed E-state index contributed by atoms with van der Waals surface area (Å²) in [6.45, 7) is 3.74. The van der Waals surface area contributed by atoms with Crippen molar-refractivity contribution in [2.75, 3.05) is 0 Å². The summed E-state index contributed by atoms with van der Waals surface area (Å²) in [6, 6.07) is 17.3. The van der Waals surface area contributed by atoms with Crippen molar-refractivity contribution in [2.24, 2.45) is 0 Å². The highest BCUT2D eigenvalue weighted by Gasteiger charge is 2.17. The molecule has 0 amide bonds. The molecule has 3 atom stereocenters. The number of aliphatic hydroxyl groups excluding tert-OH is 1. The lowest BCUT2D eigenvalue weighted by Gasteiger charge is -2.20. The van der Waals surface area contributed by atoms with Gasteiger partial charge < -0.3 is 5.11 Å². The van der Waals surface area contributed by atoms with Gasteiger partial charge in [0.25, 0.3) is 0 Å². The maximum Gasteiger partial charge on any atom is 0.125 e. The molecular formula is C17H21NO2S. The van der Waals surface area contributed by atoms with E-state index < -0.39 is 17.1 Å². The van der Waals surface area contributed by atoms with Crippen molar-refractivity contribution in [3.8, 4) is 0 Å². The van der Waals surface area contributed by atoms with Crippen molar-refractivity contribution < 1.29 is 9.32 Å². The molecule has 2 rings (SSSR count). The molecule has 0 bridgehead atoms. The zero-order chi connectivity index (χ0) is 15.2. The largest absolute Gasteiger partial charge is 0.393 e. The first-order chi connectivity index (χ1) is 10.1. The number of hydrogen-bond acceptors (Lipinski definition) is 2. The second-order valence-corrected chi connectivity index (χ2v) is 6.49. The van der Waals surface area contributed by atoms with E-state index in [0.717, 1.165) is 16.0 Å². The number of aliphatic hydroxyl groups is 1. The van der Waals surface area contributed by atoms with Crippen molar-refractivity contribution in [3.63, 3.8) is 0 Å². The zero-order valence-electron chi connectivity index (χ0n) is 12.3. The standard InChI is InChI=1S/C17H21NO2S/c1-13-8-10-16(11-9-13)21(20)18-17(12-14(2)19)15-6-4-3-5-7-15/h3-11,14,17-19H,12H2,1-2H3/t14-,17-,21+/m1/s1. The molecule has 4 heteroatoms. The van der Waals surface area contributed by atoms with Gasteiger partial charge in [-0.2, -0.15) is 0 Å². The molecule has 2 aromatic rings. The van der Waals surface area contributed by atoms with Gasteiger partial charge in [-0.3, -0.25) is 0 Å². The van der Waals surface area contributed by atoms with Crippen LogP contribution in [0.5, 0.6) is 0 Å². The molecule has 0 radical (unpaired) electrons. The number of hydrogen-bond donors (Lipinski definition) is 2. The third kappa shape index (κ3) is 4.77. The fourth-order valence-corrected chi connectivity index (χ4v) is 3.15. The summed E-state index contributed by atoms with van der Waals surface area (Å²) in [5, 5.41) is 9.66. The average molecular weight is 303 g/mol. The van der Waals surface area contributed by atoms with E-state index in [0.29, 0.717) is 6.42 Å². The first-order valence-corrected chi connectivity index (χ1v) is 8.19. The lowest BCUT2D eigenvalue weighted by molar-refractivity contribution is 0.172. The number of benzene rings is 2. The van der Waals surface area contributed by atoms with Crippen molar-refractivity contribution >= 4 is 11.0 Å². The van der Waals surface area contributed by atoms with E-state index in [2.05, 4.69) is 4.72 Å². The van der Waals surface area contributed by atoms with Gasteiger partial charge in [-0.15, -0.1) is 0 Å². The van der Waals surface area contributed by atoms with Crippen LogP contribution in [0.25, 0.3) is 0 Å². The predicted molar refractivity (Wildman–Crippen MR) is 86.2 cm³/mol. The van der Waals surface area contributed by atoms with E-state index >= 15 is 0 Å². The van der Waals surface area contributed by atoms with Gasteiger partial charge in [0, 0.05) is 6.04 Å². The number of nitrogens with one attached hydrogen (secondary N) is 1. The first kappa shape index (κ1) is 15.9. The maximum absolute atomic E-state index is 12.4. The topological polar surface area (TPSA) is 49.3 Å². The van der Waals surface area contributed by atoms with Gasteiger partial charge in [0.2, 0.25) is 0 Å². The lowest BCUT2D eigenvalue weighted by atomic mass is 10.0. The highest BCUT2D eigenvalue weighted by atomic mass is 32.2. The molecule has 2 N–H and O–H groups in total. The molecule has 21 heavy (non-hydrogen) atoms. The molecule has 0 saturated heterocycles. The molecular weight excluding hydrogens is 282 g/mol. The van der Waals surface area contributed by atoms with Gasteiger partial charge in [-0.1, -0.05) is 48.0 Å². The molecule has 0 heterocycles. The summed E-state index contributed by atoms with van der Waals surface area (Å²) >= 11 is 0. The fourth-order valence-electron chi connectivity index (χ4n) is 2.14. The third-order valence-electron chi connectivity index (χ3n) is 3.26. The Hall–Kier alpha value is -1.49. The van der Waals surface area contributed by atoms with E-state index in [1.807, 2.05) is 61.5 Å².